The summed E-state index contributed by atoms with van der Waals surface area (Å²) in [6.45, 7) is 5.57. The Hall–Kier alpha value is -3.59. The number of amides is 1. The molecule has 0 saturated carbocycles. The summed E-state index contributed by atoms with van der Waals surface area (Å²) < 4.78 is 21.1. The van der Waals surface area contributed by atoms with Crippen LogP contribution in [-0.2, 0) is 16.1 Å². The highest BCUT2D eigenvalue weighted by atomic mass is 32.1. The summed E-state index contributed by atoms with van der Waals surface area (Å²) in [5, 5.41) is 2.81. The molecule has 0 aliphatic heterocycles. The van der Waals surface area contributed by atoms with Gasteiger partial charge in [0, 0.05) is 0 Å². The van der Waals surface area contributed by atoms with Crippen molar-refractivity contribution >= 4 is 34.2 Å². The van der Waals surface area contributed by atoms with Crippen LogP contribution in [0.25, 0.3) is 0 Å². The Morgan fingerprint density at radius 1 is 1.09 bits per heavy atom. The summed E-state index contributed by atoms with van der Waals surface area (Å²) in [6.07, 6.45) is 0. The predicted octanol–water partition coefficient (Wildman–Crippen LogP) is 4.75. The van der Waals surface area contributed by atoms with Gasteiger partial charge in [-0.15, -0.1) is 11.3 Å². The minimum Gasteiger partial charge on any atom is -0.486 e. The van der Waals surface area contributed by atoms with Gasteiger partial charge in [-0.1, -0.05) is 12.1 Å². The lowest BCUT2D eigenvalue weighted by atomic mass is 10.1. The van der Waals surface area contributed by atoms with E-state index in [9.17, 15) is 14.4 Å². The summed E-state index contributed by atoms with van der Waals surface area (Å²) in [4.78, 5) is 37.4. The van der Waals surface area contributed by atoms with Crippen LogP contribution in [0.4, 0.5) is 5.00 Å². The molecule has 0 unspecified atom stereocenters. The highest BCUT2D eigenvalue weighted by Crippen LogP contribution is 2.34. The average molecular weight is 458 g/mol. The number of esters is 2. The second kappa shape index (κ2) is 10.1. The van der Waals surface area contributed by atoms with Gasteiger partial charge in [0.25, 0.3) is 5.91 Å². The van der Waals surface area contributed by atoms with Crippen LogP contribution in [0.15, 0.2) is 40.8 Å². The van der Waals surface area contributed by atoms with E-state index in [1.165, 1.54) is 13.2 Å². The van der Waals surface area contributed by atoms with E-state index in [0.717, 1.165) is 16.9 Å². The van der Waals surface area contributed by atoms with Gasteiger partial charge in [0.15, 0.2) is 5.76 Å². The number of carbonyl (C=O) groups is 3. The molecular formula is C23H23NO7S. The molecule has 2 aromatic heterocycles. The summed E-state index contributed by atoms with van der Waals surface area (Å²) in [7, 11) is 1.22. The number of benzene rings is 1. The molecule has 9 heteroatoms. The monoisotopic (exact) mass is 457 g/mol. The Bertz CT molecular complexity index is 1150. The van der Waals surface area contributed by atoms with Gasteiger partial charge in [0.2, 0.25) is 0 Å². The van der Waals surface area contributed by atoms with Crippen LogP contribution in [0.5, 0.6) is 5.75 Å². The first kappa shape index (κ1) is 23.1. The van der Waals surface area contributed by atoms with Crippen LogP contribution >= 0.6 is 11.3 Å². The van der Waals surface area contributed by atoms with Crippen molar-refractivity contribution in [3.8, 4) is 5.75 Å². The minimum atomic E-state index is -0.670. The summed E-state index contributed by atoms with van der Waals surface area (Å²) in [5.41, 5.74) is 1.54. The topological polar surface area (TPSA) is 104 Å². The third-order valence-corrected chi connectivity index (χ3v) is 5.67. The molecule has 2 heterocycles. The first-order valence-electron chi connectivity index (χ1n) is 9.82. The first-order valence-corrected chi connectivity index (χ1v) is 10.6. The SMILES string of the molecule is CCOC(=O)c1sc(NC(=O)c2ccc(COc3cccc(C)c3)o2)c(C(=O)OC)c1C. The van der Waals surface area contributed by atoms with E-state index in [4.69, 9.17) is 18.6 Å². The van der Waals surface area contributed by atoms with Crippen LogP contribution < -0.4 is 10.1 Å². The van der Waals surface area contributed by atoms with Crippen molar-refractivity contribution in [1.82, 2.24) is 0 Å². The lowest BCUT2D eigenvalue weighted by Crippen LogP contribution is -2.13. The lowest BCUT2D eigenvalue weighted by molar-refractivity contribution is 0.0531. The number of methoxy groups -OCH3 is 1. The standard InChI is InChI=1S/C23H23NO7S/c1-5-29-23(27)19-14(3)18(22(26)28-4)21(32-19)24-20(25)17-10-9-16(31-17)12-30-15-8-6-7-13(2)11-15/h6-11H,5,12H2,1-4H3,(H,24,25). The molecule has 168 valence electrons. The van der Waals surface area contributed by atoms with Gasteiger partial charge in [-0.05, 0) is 56.2 Å². The molecule has 32 heavy (non-hydrogen) atoms. The van der Waals surface area contributed by atoms with E-state index in [-0.39, 0.29) is 34.4 Å². The number of nitrogens with one attached hydrogen (secondary N) is 1. The summed E-state index contributed by atoms with van der Waals surface area (Å²) in [5.74, 6) is -0.637. The van der Waals surface area contributed by atoms with E-state index in [1.54, 1.807) is 19.9 Å². The maximum Gasteiger partial charge on any atom is 0.348 e. The van der Waals surface area contributed by atoms with Gasteiger partial charge < -0.3 is 23.9 Å². The first-order chi connectivity index (χ1) is 15.3. The third-order valence-electron chi connectivity index (χ3n) is 4.48. The van der Waals surface area contributed by atoms with Crippen LogP contribution in [-0.4, -0.2) is 31.6 Å². The van der Waals surface area contributed by atoms with E-state index in [1.807, 2.05) is 31.2 Å². The number of furan rings is 1. The number of carbonyl (C=O) groups excluding carboxylic acids is 3. The highest BCUT2D eigenvalue weighted by Gasteiger charge is 2.27. The fourth-order valence-corrected chi connectivity index (χ4v) is 4.03. The van der Waals surface area contributed by atoms with Gasteiger partial charge in [-0.25, -0.2) is 9.59 Å². The van der Waals surface area contributed by atoms with Crippen molar-refractivity contribution in [3.05, 3.63) is 69.5 Å². The number of ether oxygens (including phenoxy) is 3. The molecule has 1 N–H and O–H groups in total. The van der Waals surface area contributed by atoms with Crippen molar-refractivity contribution < 1.29 is 33.0 Å². The molecule has 1 amide bonds. The smallest absolute Gasteiger partial charge is 0.348 e. The molecule has 0 bridgehead atoms. The maximum atomic E-state index is 12.7. The van der Waals surface area contributed by atoms with E-state index >= 15 is 0 Å². The zero-order chi connectivity index (χ0) is 23.3. The number of thiophene rings is 1. The Kier molecular flexibility index (Phi) is 7.32. The van der Waals surface area contributed by atoms with Crippen molar-refractivity contribution in [2.45, 2.75) is 27.4 Å². The average Bonchev–Trinajstić information content (AvgIpc) is 3.37. The molecule has 8 nitrogen and oxygen atoms in total. The van der Waals surface area contributed by atoms with Crippen LogP contribution in [0, 0.1) is 13.8 Å². The number of hydrogen-bond donors (Lipinski definition) is 1. The molecule has 1 aromatic carbocycles. The fraction of sp³-hybridized carbons (Fsp3) is 0.261. The maximum absolute atomic E-state index is 12.7. The van der Waals surface area contributed by atoms with Crippen molar-refractivity contribution in [2.24, 2.45) is 0 Å². The molecular weight excluding hydrogens is 434 g/mol. The lowest BCUT2D eigenvalue weighted by Gasteiger charge is -2.05. The van der Waals surface area contributed by atoms with E-state index in [0.29, 0.717) is 17.1 Å². The number of aryl methyl sites for hydroxylation is 1. The molecule has 0 saturated heterocycles. The summed E-state index contributed by atoms with van der Waals surface area (Å²) >= 11 is 0.943. The zero-order valence-electron chi connectivity index (χ0n) is 18.1. The van der Waals surface area contributed by atoms with Crippen LogP contribution in [0.3, 0.4) is 0 Å². The van der Waals surface area contributed by atoms with Gasteiger partial charge in [-0.2, -0.15) is 0 Å². The number of hydrogen-bond acceptors (Lipinski definition) is 8. The Labute approximate surface area is 189 Å². The Morgan fingerprint density at radius 2 is 1.88 bits per heavy atom. The quantitative estimate of drug-likeness (QED) is 0.487. The van der Waals surface area contributed by atoms with Crippen molar-refractivity contribution in [2.75, 3.05) is 19.0 Å². The molecule has 3 aromatic rings. The third kappa shape index (κ3) is 5.17. The number of rotatable bonds is 8. The molecule has 3 rings (SSSR count). The van der Waals surface area contributed by atoms with Crippen LogP contribution in [0.2, 0.25) is 0 Å². The zero-order valence-corrected chi connectivity index (χ0v) is 19.0. The number of anilines is 1. The minimum absolute atomic E-state index is 0.0346. The molecule has 0 fully saturated rings. The van der Waals surface area contributed by atoms with E-state index < -0.39 is 17.8 Å². The van der Waals surface area contributed by atoms with Gasteiger partial charge in [-0.3, -0.25) is 4.79 Å². The molecule has 0 atom stereocenters. The predicted molar refractivity (Wildman–Crippen MR) is 119 cm³/mol. The second-order valence-corrected chi connectivity index (χ2v) is 7.82. The Balaban J connectivity index is 1.76. The van der Waals surface area contributed by atoms with E-state index in [2.05, 4.69) is 5.32 Å². The van der Waals surface area contributed by atoms with Gasteiger partial charge in [0.1, 0.15) is 28.0 Å². The molecule has 0 aliphatic rings. The Morgan fingerprint density at radius 3 is 2.56 bits per heavy atom. The second-order valence-electron chi connectivity index (χ2n) is 6.80. The molecule has 0 radical (unpaired) electrons. The fourth-order valence-electron chi connectivity index (χ4n) is 2.94. The normalized spacial score (nSPS) is 10.5. The van der Waals surface area contributed by atoms with Crippen molar-refractivity contribution in [1.29, 1.82) is 0 Å². The molecule has 0 aliphatic carbocycles. The highest BCUT2D eigenvalue weighted by molar-refractivity contribution is 7.18. The van der Waals surface area contributed by atoms with Crippen LogP contribution in [0.1, 0.15) is 54.4 Å². The molecule has 0 spiro atoms. The van der Waals surface area contributed by atoms with Crippen molar-refractivity contribution in [3.63, 3.8) is 0 Å². The van der Waals surface area contributed by atoms with Gasteiger partial charge >= 0.3 is 11.9 Å². The largest absolute Gasteiger partial charge is 0.486 e. The summed E-state index contributed by atoms with van der Waals surface area (Å²) in [6, 6.07) is 10.7. The van der Waals surface area contributed by atoms with Gasteiger partial charge in [0.05, 0.1) is 19.3 Å².